The smallest absolute Gasteiger partial charge is 0.313 e. The highest BCUT2D eigenvalue weighted by molar-refractivity contribution is 7.91. The van der Waals surface area contributed by atoms with E-state index in [-0.39, 0.29) is 22.5 Å². The van der Waals surface area contributed by atoms with E-state index in [2.05, 4.69) is 11.1 Å². The van der Waals surface area contributed by atoms with Crippen molar-refractivity contribution in [2.75, 3.05) is 13.0 Å². The van der Waals surface area contributed by atoms with E-state index < -0.39 is 21.7 Å². The highest BCUT2D eigenvalue weighted by Gasteiger charge is 2.28. The molecule has 0 aliphatic rings. The molecule has 27 heavy (non-hydrogen) atoms. The lowest BCUT2D eigenvalue weighted by Gasteiger charge is -2.25. The van der Waals surface area contributed by atoms with E-state index in [1.807, 2.05) is 37.4 Å². The van der Waals surface area contributed by atoms with Crippen LogP contribution in [0.2, 0.25) is 0 Å². The normalized spacial score (nSPS) is 11.1. The van der Waals surface area contributed by atoms with Gasteiger partial charge in [0.15, 0.2) is 9.84 Å². The second kappa shape index (κ2) is 9.38. The van der Waals surface area contributed by atoms with Crippen LogP contribution in [-0.4, -0.2) is 33.8 Å². The van der Waals surface area contributed by atoms with Gasteiger partial charge in [0, 0.05) is 10.3 Å². The molecular weight excluding hydrogens is 390 g/mol. The van der Waals surface area contributed by atoms with Crippen LogP contribution in [-0.2, 0) is 20.0 Å². The zero-order chi connectivity index (χ0) is 20.7. The number of rotatable bonds is 6. The minimum absolute atomic E-state index is 0.0286. The van der Waals surface area contributed by atoms with E-state index in [4.69, 9.17) is 15.3 Å². The molecule has 0 atom stereocenters. The predicted molar refractivity (Wildman–Crippen MR) is 104 cm³/mol. The molecule has 1 aromatic carbocycles. The van der Waals surface area contributed by atoms with Crippen molar-refractivity contribution >= 4 is 33.6 Å². The summed E-state index contributed by atoms with van der Waals surface area (Å²) in [5, 5.41) is 4.10. The van der Waals surface area contributed by atoms with Crippen LogP contribution in [0.4, 0.5) is 4.79 Å². The number of benzene rings is 1. The minimum Gasteiger partial charge on any atom is -0.495 e. The lowest BCUT2D eigenvalue weighted by molar-refractivity contribution is -0.106. The zero-order valence-electron chi connectivity index (χ0n) is 15.3. The molecule has 0 unspecified atom stereocenters. The van der Waals surface area contributed by atoms with E-state index in [1.165, 1.54) is 7.11 Å². The second-order valence-electron chi connectivity index (χ2n) is 5.90. The van der Waals surface area contributed by atoms with Crippen LogP contribution >= 0.6 is 11.3 Å². The molecule has 0 saturated carbocycles. The fraction of sp³-hybridized carbons (Fsp3) is 0.294. The summed E-state index contributed by atoms with van der Waals surface area (Å²) in [4.78, 5) is 20.6. The summed E-state index contributed by atoms with van der Waals surface area (Å²) in [6, 6.07) is 8.14. The van der Waals surface area contributed by atoms with Gasteiger partial charge < -0.3 is 21.5 Å². The van der Waals surface area contributed by atoms with E-state index in [1.54, 1.807) is 23.5 Å². The van der Waals surface area contributed by atoms with Crippen molar-refractivity contribution in [3.05, 3.63) is 46.2 Å². The third-order valence-corrected chi connectivity index (χ3v) is 6.50. The van der Waals surface area contributed by atoms with Gasteiger partial charge in [-0.1, -0.05) is 26.0 Å². The molecule has 3 amide bonds. The average molecular weight is 414 g/mol. The molecule has 0 bridgehead atoms. The number of sulfone groups is 1. The Labute approximate surface area is 162 Å². The molecule has 148 valence electrons. The van der Waals surface area contributed by atoms with E-state index in [0.29, 0.717) is 0 Å². The van der Waals surface area contributed by atoms with Crippen LogP contribution in [0.3, 0.4) is 0 Å². The first-order valence-electron chi connectivity index (χ1n) is 7.74. The van der Waals surface area contributed by atoms with Gasteiger partial charge in [-0.3, -0.25) is 4.79 Å². The minimum atomic E-state index is -3.78. The molecule has 2 rings (SSSR count). The lowest BCUT2D eigenvalue weighted by atomic mass is 9.83. The number of hydrogen-bond acceptors (Lipinski definition) is 6. The highest BCUT2D eigenvalue weighted by atomic mass is 32.2. The average Bonchev–Trinajstić information content (AvgIpc) is 3.15. The van der Waals surface area contributed by atoms with Crippen LogP contribution in [0.15, 0.2) is 40.6 Å². The predicted octanol–water partition coefficient (Wildman–Crippen LogP) is 1.58. The molecule has 0 spiro atoms. The van der Waals surface area contributed by atoms with E-state index in [0.717, 1.165) is 10.4 Å². The van der Waals surface area contributed by atoms with Crippen molar-refractivity contribution in [2.24, 2.45) is 11.5 Å². The number of carbonyl (C=O) groups is 2. The molecule has 10 heteroatoms. The fourth-order valence-electron chi connectivity index (χ4n) is 2.33. The lowest BCUT2D eigenvalue weighted by Crippen LogP contribution is -2.34. The molecule has 8 nitrogen and oxygen atoms in total. The molecule has 1 aromatic heterocycles. The summed E-state index contributed by atoms with van der Waals surface area (Å²) >= 11 is 1.61. The molecular formula is C17H23N3O5S2. The van der Waals surface area contributed by atoms with Gasteiger partial charge in [0.2, 0.25) is 6.41 Å². The van der Waals surface area contributed by atoms with Crippen molar-refractivity contribution in [1.29, 1.82) is 0 Å². The summed E-state index contributed by atoms with van der Waals surface area (Å²) in [7, 11) is -2.38. The molecule has 5 N–H and O–H groups in total. The quantitative estimate of drug-likeness (QED) is 0.617. The number of amides is 3. The Morgan fingerprint density at radius 3 is 2.44 bits per heavy atom. The summed E-state index contributed by atoms with van der Waals surface area (Å²) < 4.78 is 30.2. The molecule has 0 saturated heterocycles. The number of carbonyl (C=O) groups excluding carboxylic acids is 2. The summed E-state index contributed by atoms with van der Waals surface area (Å²) in [6.45, 7) is 4.05. The number of nitrogens with two attached hydrogens (primary N) is 2. The Hall–Kier alpha value is -2.59. The summed E-state index contributed by atoms with van der Waals surface area (Å²) in [5.74, 6) is -0.353. The van der Waals surface area contributed by atoms with Crippen molar-refractivity contribution in [3.63, 3.8) is 0 Å². The van der Waals surface area contributed by atoms with Crippen LogP contribution in [0.5, 0.6) is 5.75 Å². The van der Waals surface area contributed by atoms with Gasteiger partial charge in [0.25, 0.3) is 0 Å². The molecule has 0 fully saturated rings. The maximum Gasteiger partial charge on any atom is 0.313 e. The number of hydrogen-bond donors (Lipinski definition) is 3. The maximum absolute atomic E-state index is 12.5. The number of ether oxygens (including phenoxy) is 1. The van der Waals surface area contributed by atoms with Gasteiger partial charge in [-0.25, -0.2) is 13.2 Å². The Balaban J connectivity index is 0.00000114. The molecule has 1 heterocycles. The Bertz CT molecular complexity index is 878. The molecule has 2 aromatic rings. The first-order chi connectivity index (χ1) is 12.6. The molecule has 0 radical (unpaired) electrons. The summed E-state index contributed by atoms with van der Waals surface area (Å²) in [6.07, 6.45) is 0.250. The monoisotopic (exact) mass is 413 g/mol. The number of urea groups is 1. The molecule has 0 aliphatic carbocycles. The van der Waals surface area contributed by atoms with Crippen molar-refractivity contribution < 1.29 is 22.7 Å². The van der Waals surface area contributed by atoms with Gasteiger partial charge in [0.05, 0.1) is 7.11 Å². The Kier molecular flexibility index (Phi) is 7.80. The number of thiophene rings is 1. The third-order valence-electron chi connectivity index (χ3n) is 3.79. The SMILES string of the molecule is COc1ccc(C(C)(C)c2cccs2)cc1S(=O)(=O)CNC(N)=O.NC=O. The fourth-order valence-corrected chi connectivity index (χ4v) is 4.45. The Morgan fingerprint density at radius 1 is 1.33 bits per heavy atom. The molecule has 0 aliphatic heterocycles. The second-order valence-corrected chi connectivity index (χ2v) is 8.81. The van der Waals surface area contributed by atoms with Crippen LogP contribution in [0.1, 0.15) is 24.3 Å². The zero-order valence-corrected chi connectivity index (χ0v) is 16.9. The highest BCUT2D eigenvalue weighted by Crippen LogP contribution is 2.37. The maximum atomic E-state index is 12.5. The first kappa shape index (κ1) is 22.5. The standard InChI is InChI=1S/C16H20N2O4S2.CH3NO/c1-16(2,14-5-4-8-23-14)11-6-7-12(22-3)13(9-11)24(20,21)10-18-15(17)19;2-1-3/h4-9H,10H2,1-3H3,(H3,17,18,19);1H,(H2,2,3). The van der Waals surface area contributed by atoms with Gasteiger partial charge in [-0.05, 0) is 29.1 Å². The van der Waals surface area contributed by atoms with E-state index >= 15 is 0 Å². The van der Waals surface area contributed by atoms with Crippen molar-refractivity contribution in [1.82, 2.24) is 5.32 Å². The topological polar surface area (TPSA) is 142 Å². The van der Waals surface area contributed by atoms with Gasteiger partial charge in [-0.2, -0.15) is 0 Å². The van der Waals surface area contributed by atoms with Gasteiger partial charge >= 0.3 is 6.03 Å². The summed E-state index contributed by atoms with van der Waals surface area (Å²) in [5.41, 5.74) is 9.61. The van der Waals surface area contributed by atoms with Gasteiger partial charge in [-0.15, -0.1) is 11.3 Å². The third kappa shape index (κ3) is 5.69. The Morgan fingerprint density at radius 2 is 1.96 bits per heavy atom. The number of nitrogens with one attached hydrogen (secondary N) is 1. The number of primary amides is 2. The van der Waals surface area contributed by atoms with Gasteiger partial charge in [0.1, 0.15) is 16.5 Å². The van der Waals surface area contributed by atoms with Crippen LogP contribution < -0.4 is 21.5 Å². The van der Waals surface area contributed by atoms with Crippen LogP contribution in [0, 0.1) is 0 Å². The number of methoxy groups -OCH3 is 1. The van der Waals surface area contributed by atoms with Crippen LogP contribution in [0.25, 0.3) is 0 Å². The first-order valence-corrected chi connectivity index (χ1v) is 10.3. The van der Waals surface area contributed by atoms with Crippen molar-refractivity contribution in [2.45, 2.75) is 24.2 Å². The van der Waals surface area contributed by atoms with E-state index in [9.17, 15) is 13.2 Å². The largest absolute Gasteiger partial charge is 0.495 e. The van der Waals surface area contributed by atoms with Crippen molar-refractivity contribution in [3.8, 4) is 5.75 Å².